The molecule has 3 rings (SSSR count). The maximum Gasteiger partial charge on any atom is 0.195 e. The lowest BCUT2D eigenvalue weighted by atomic mass is 10.0. The molecule has 0 saturated heterocycles. The molecule has 0 aliphatic carbocycles. The SMILES string of the molecule is CCn1cc(C(=O)c2cccc(F)c2)c2ccccc21. The van der Waals surface area contributed by atoms with E-state index in [1.54, 1.807) is 12.1 Å². The van der Waals surface area contributed by atoms with Crippen molar-refractivity contribution in [1.82, 2.24) is 4.57 Å². The molecule has 0 spiro atoms. The summed E-state index contributed by atoms with van der Waals surface area (Å²) in [7, 11) is 0. The van der Waals surface area contributed by atoms with E-state index in [4.69, 9.17) is 0 Å². The van der Waals surface area contributed by atoms with Gasteiger partial charge in [-0.25, -0.2) is 4.39 Å². The van der Waals surface area contributed by atoms with Crippen molar-refractivity contribution in [2.24, 2.45) is 0 Å². The van der Waals surface area contributed by atoms with Crippen LogP contribution in [0.2, 0.25) is 0 Å². The minimum absolute atomic E-state index is 0.145. The quantitative estimate of drug-likeness (QED) is 0.657. The molecule has 0 unspecified atom stereocenters. The lowest BCUT2D eigenvalue weighted by Crippen LogP contribution is -2.01. The van der Waals surface area contributed by atoms with E-state index in [1.165, 1.54) is 12.1 Å². The van der Waals surface area contributed by atoms with Crippen LogP contribution in [0.25, 0.3) is 10.9 Å². The minimum atomic E-state index is -0.393. The van der Waals surface area contributed by atoms with Gasteiger partial charge in [-0.15, -0.1) is 0 Å². The lowest BCUT2D eigenvalue weighted by Gasteiger charge is -1.99. The molecule has 2 nitrogen and oxygen atoms in total. The topological polar surface area (TPSA) is 22.0 Å². The monoisotopic (exact) mass is 267 g/mol. The molecule has 0 fully saturated rings. The maximum absolute atomic E-state index is 13.3. The second-order valence-electron chi connectivity index (χ2n) is 4.69. The highest BCUT2D eigenvalue weighted by Gasteiger charge is 2.16. The molecule has 0 saturated carbocycles. The summed E-state index contributed by atoms with van der Waals surface area (Å²) in [6, 6.07) is 13.6. The number of halogens is 1. The Morgan fingerprint density at radius 1 is 1.15 bits per heavy atom. The Labute approximate surface area is 116 Å². The van der Waals surface area contributed by atoms with Gasteiger partial charge in [0.1, 0.15) is 5.82 Å². The summed E-state index contributed by atoms with van der Waals surface area (Å²) in [5.41, 5.74) is 2.02. The van der Waals surface area contributed by atoms with Crippen LogP contribution in [0.5, 0.6) is 0 Å². The van der Waals surface area contributed by atoms with Crippen LogP contribution >= 0.6 is 0 Å². The van der Waals surface area contributed by atoms with E-state index in [0.717, 1.165) is 17.4 Å². The Morgan fingerprint density at radius 2 is 1.95 bits per heavy atom. The molecule has 2 aromatic carbocycles. The molecule has 0 atom stereocenters. The van der Waals surface area contributed by atoms with Crippen LogP contribution in [-0.4, -0.2) is 10.4 Å². The Hall–Kier alpha value is -2.42. The number of carbonyl (C=O) groups excluding carboxylic acids is 1. The van der Waals surface area contributed by atoms with Gasteiger partial charge >= 0.3 is 0 Å². The standard InChI is InChI=1S/C17H14FNO/c1-2-19-11-15(14-8-3-4-9-16(14)19)17(20)12-6-5-7-13(18)10-12/h3-11H,2H2,1H3. The third kappa shape index (κ3) is 2.01. The smallest absolute Gasteiger partial charge is 0.195 e. The first-order valence-electron chi connectivity index (χ1n) is 6.59. The second-order valence-corrected chi connectivity index (χ2v) is 4.69. The van der Waals surface area contributed by atoms with Crippen LogP contribution in [-0.2, 0) is 6.54 Å². The van der Waals surface area contributed by atoms with Crippen molar-refractivity contribution >= 4 is 16.7 Å². The highest BCUT2D eigenvalue weighted by Crippen LogP contribution is 2.24. The number of rotatable bonds is 3. The number of aryl methyl sites for hydroxylation is 1. The van der Waals surface area contributed by atoms with E-state index in [1.807, 2.05) is 42.0 Å². The summed E-state index contributed by atoms with van der Waals surface area (Å²) in [6.45, 7) is 2.82. The zero-order valence-corrected chi connectivity index (χ0v) is 11.1. The number of fused-ring (bicyclic) bond motifs is 1. The van der Waals surface area contributed by atoms with Crippen molar-refractivity contribution < 1.29 is 9.18 Å². The Morgan fingerprint density at radius 3 is 2.70 bits per heavy atom. The molecule has 0 aliphatic heterocycles. The molecule has 3 aromatic rings. The van der Waals surface area contributed by atoms with Gasteiger partial charge in [-0.1, -0.05) is 30.3 Å². The van der Waals surface area contributed by atoms with E-state index >= 15 is 0 Å². The zero-order valence-electron chi connectivity index (χ0n) is 11.1. The normalized spacial score (nSPS) is 10.9. The van der Waals surface area contributed by atoms with Gasteiger partial charge in [-0.3, -0.25) is 4.79 Å². The van der Waals surface area contributed by atoms with Crippen LogP contribution in [0.4, 0.5) is 4.39 Å². The van der Waals surface area contributed by atoms with Crippen LogP contribution in [0.3, 0.4) is 0 Å². The number of aromatic nitrogens is 1. The van der Waals surface area contributed by atoms with E-state index in [2.05, 4.69) is 0 Å². The van der Waals surface area contributed by atoms with Gasteiger partial charge < -0.3 is 4.57 Å². The summed E-state index contributed by atoms with van der Waals surface area (Å²) in [5.74, 6) is -0.539. The summed E-state index contributed by atoms with van der Waals surface area (Å²) in [5, 5.41) is 0.906. The predicted octanol–water partition coefficient (Wildman–Crippen LogP) is 4.03. The molecule has 1 heterocycles. The Balaban J connectivity index is 2.17. The lowest BCUT2D eigenvalue weighted by molar-refractivity contribution is 0.103. The van der Waals surface area contributed by atoms with Crippen molar-refractivity contribution in [3.8, 4) is 0 Å². The number of benzene rings is 2. The molecule has 0 amide bonds. The largest absolute Gasteiger partial charge is 0.347 e. The molecule has 0 N–H and O–H groups in total. The molecule has 0 aliphatic rings. The molecule has 0 bridgehead atoms. The Kier molecular flexibility index (Phi) is 3.11. The van der Waals surface area contributed by atoms with Gasteiger partial charge in [0.15, 0.2) is 5.78 Å². The number of carbonyl (C=O) groups is 1. The van der Waals surface area contributed by atoms with Gasteiger partial charge in [0.25, 0.3) is 0 Å². The molecular weight excluding hydrogens is 253 g/mol. The predicted molar refractivity (Wildman–Crippen MR) is 77.4 cm³/mol. The molecule has 3 heteroatoms. The van der Waals surface area contributed by atoms with Gasteiger partial charge in [0, 0.05) is 34.8 Å². The fourth-order valence-electron chi connectivity index (χ4n) is 2.47. The van der Waals surface area contributed by atoms with Crippen molar-refractivity contribution in [2.75, 3.05) is 0 Å². The van der Waals surface area contributed by atoms with Gasteiger partial charge in [0.05, 0.1) is 0 Å². The number of hydrogen-bond donors (Lipinski definition) is 0. The number of ketones is 1. The van der Waals surface area contributed by atoms with Crippen molar-refractivity contribution in [1.29, 1.82) is 0 Å². The van der Waals surface area contributed by atoms with Crippen molar-refractivity contribution in [3.05, 3.63) is 71.7 Å². The highest BCUT2D eigenvalue weighted by atomic mass is 19.1. The fourth-order valence-corrected chi connectivity index (χ4v) is 2.47. The summed E-state index contributed by atoms with van der Waals surface area (Å²) >= 11 is 0. The third-order valence-electron chi connectivity index (χ3n) is 3.46. The van der Waals surface area contributed by atoms with Crippen LogP contribution in [0, 0.1) is 5.82 Å². The highest BCUT2D eigenvalue weighted by molar-refractivity contribution is 6.16. The molecular formula is C17H14FNO. The number of para-hydroxylation sites is 1. The van der Waals surface area contributed by atoms with Crippen LogP contribution < -0.4 is 0 Å². The van der Waals surface area contributed by atoms with E-state index in [9.17, 15) is 9.18 Å². The van der Waals surface area contributed by atoms with E-state index in [-0.39, 0.29) is 5.78 Å². The van der Waals surface area contributed by atoms with Crippen LogP contribution in [0.15, 0.2) is 54.7 Å². The first-order chi connectivity index (χ1) is 9.70. The van der Waals surface area contributed by atoms with Crippen molar-refractivity contribution in [2.45, 2.75) is 13.5 Å². The average Bonchev–Trinajstić information content (AvgIpc) is 2.85. The maximum atomic E-state index is 13.3. The third-order valence-corrected chi connectivity index (χ3v) is 3.46. The Bertz CT molecular complexity index is 789. The van der Waals surface area contributed by atoms with E-state index < -0.39 is 5.82 Å². The molecule has 1 aromatic heterocycles. The summed E-state index contributed by atoms with van der Waals surface area (Å²) < 4.78 is 15.3. The van der Waals surface area contributed by atoms with E-state index in [0.29, 0.717) is 11.1 Å². The van der Waals surface area contributed by atoms with Gasteiger partial charge in [-0.05, 0) is 25.1 Å². The van der Waals surface area contributed by atoms with Gasteiger partial charge in [0.2, 0.25) is 0 Å². The number of nitrogens with zero attached hydrogens (tertiary/aromatic N) is 1. The van der Waals surface area contributed by atoms with Gasteiger partial charge in [-0.2, -0.15) is 0 Å². The average molecular weight is 267 g/mol. The zero-order chi connectivity index (χ0) is 14.1. The fraction of sp³-hybridized carbons (Fsp3) is 0.118. The summed E-state index contributed by atoms with van der Waals surface area (Å²) in [6.07, 6.45) is 1.85. The molecule has 20 heavy (non-hydrogen) atoms. The minimum Gasteiger partial charge on any atom is -0.347 e. The number of hydrogen-bond acceptors (Lipinski definition) is 1. The first-order valence-corrected chi connectivity index (χ1v) is 6.59. The molecule has 0 radical (unpaired) electrons. The second kappa shape index (κ2) is 4.93. The van der Waals surface area contributed by atoms with Crippen LogP contribution in [0.1, 0.15) is 22.8 Å². The first kappa shape index (κ1) is 12.6. The summed E-state index contributed by atoms with van der Waals surface area (Å²) in [4.78, 5) is 12.6. The van der Waals surface area contributed by atoms with Crippen molar-refractivity contribution in [3.63, 3.8) is 0 Å². The molecule has 100 valence electrons.